The Hall–Kier alpha value is 0.180. The van der Waals surface area contributed by atoms with Crippen LogP contribution in [0.2, 0.25) is 0 Å². The molecule has 11 heteroatoms. The molecule has 0 amide bonds. The maximum Gasteiger partial charge on any atom is 0.340 e. The number of hydrogen-bond acceptors (Lipinski definition) is 5. The zero-order chi connectivity index (χ0) is 13.5. The van der Waals surface area contributed by atoms with Crippen molar-refractivity contribution in [2.45, 2.75) is 11.8 Å². The van der Waals surface area contributed by atoms with Gasteiger partial charge >= 0.3 is 15.2 Å². The number of ether oxygens (including phenoxy) is 2. The van der Waals surface area contributed by atoms with Crippen LogP contribution in [-0.2, 0) is 18.6 Å². The summed E-state index contributed by atoms with van der Waals surface area (Å²) in [6, 6.07) is 0. The van der Waals surface area contributed by atoms with E-state index in [0.717, 1.165) is 0 Å². The highest BCUT2D eigenvalue weighted by molar-refractivity contribution is 7.70. The summed E-state index contributed by atoms with van der Waals surface area (Å²) in [7, 11) is -9.75. The van der Waals surface area contributed by atoms with Crippen molar-refractivity contribution >= 4 is 15.2 Å². The molecule has 0 aromatic heterocycles. The lowest BCUT2D eigenvalue weighted by Gasteiger charge is -2.19. The molecule has 0 aliphatic rings. The van der Waals surface area contributed by atoms with Gasteiger partial charge in [-0.05, 0) is 6.42 Å². The Morgan fingerprint density at radius 2 is 1.35 bits per heavy atom. The molecule has 0 saturated heterocycles. The van der Waals surface area contributed by atoms with Crippen molar-refractivity contribution in [3.63, 3.8) is 0 Å². The summed E-state index contributed by atoms with van der Waals surface area (Å²) in [5.41, 5.74) is 0. The molecule has 0 aliphatic heterocycles. The van der Waals surface area contributed by atoms with Crippen molar-refractivity contribution in [1.29, 1.82) is 0 Å². The lowest BCUT2D eigenvalue weighted by Crippen LogP contribution is -2.14. The molecule has 0 heterocycles. The smallest absolute Gasteiger partial charge is 0.340 e. The molecule has 0 unspecified atom stereocenters. The number of rotatable bonds is 9. The predicted molar refractivity (Wildman–Crippen MR) is 56.4 cm³/mol. The maximum absolute atomic E-state index is 10.8. The van der Waals surface area contributed by atoms with E-state index in [0.29, 0.717) is 0 Å². The quantitative estimate of drug-likeness (QED) is 0.205. The van der Waals surface area contributed by atoms with Crippen LogP contribution in [0.1, 0.15) is 6.42 Å². The lowest BCUT2D eigenvalue weighted by molar-refractivity contribution is -0.0292. The highest BCUT2D eigenvalue weighted by Crippen LogP contribution is 2.61. The largest absolute Gasteiger partial charge is 0.379 e. The summed E-state index contributed by atoms with van der Waals surface area (Å²) in [4.78, 5) is 35.0. The molecule has 0 bridgehead atoms. The van der Waals surface area contributed by atoms with Gasteiger partial charge in [0.2, 0.25) is 0 Å². The van der Waals surface area contributed by atoms with E-state index in [4.69, 9.17) is 29.4 Å². The van der Waals surface area contributed by atoms with Gasteiger partial charge in [0, 0.05) is 6.61 Å². The van der Waals surface area contributed by atoms with E-state index in [1.807, 2.05) is 0 Å². The monoisotopic (exact) mass is 294 g/mol. The fourth-order valence-corrected chi connectivity index (χ4v) is 3.46. The number of hydrogen-bond donors (Lipinski definition) is 5. The SMILES string of the molecule is O=P(O)(O)C(CCOCCOCO)P(=O)(O)O. The van der Waals surface area contributed by atoms with Crippen molar-refractivity contribution in [3.05, 3.63) is 0 Å². The summed E-state index contributed by atoms with van der Waals surface area (Å²) in [6.45, 7) is -0.574. The van der Waals surface area contributed by atoms with Gasteiger partial charge in [0.15, 0.2) is 5.40 Å². The van der Waals surface area contributed by atoms with Gasteiger partial charge < -0.3 is 34.2 Å². The summed E-state index contributed by atoms with van der Waals surface area (Å²) < 4.78 is 31.0. The van der Waals surface area contributed by atoms with E-state index in [9.17, 15) is 9.13 Å². The van der Waals surface area contributed by atoms with Gasteiger partial charge in [0.25, 0.3) is 0 Å². The fraction of sp³-hybridized carbons (Fsp3) is 1.00. The van der Waals surface area contributed by atoms with Crippen LogP contribution in [-0.4, -0.2) is 56.7 Å². The van der Waals surface area contributed by atoms with Gasteiger partial charge in [0.1, 0.15) is 6.79 Å². The first-order valence-electron chi connectivity index (χ1n) is 4.56. The van der Waals surface area contributed by atoms with E-state index >= 15 is 0 Å². The standard InChI is InChI=1S/C6H16O9P2/c7-5-15-4-3-14-2-1-6(16(8,9)10)17(11,12)13/h6-7H,1-5H2,(H2,8,9,10)(H2,11,12,13). The van der Waals surface area contributed by atoms with Crippen LogP contribution in [0.4, 0.5) is 0 Å². The van der Waals surface area contributed by atoms with Crippen LogP contribution in [0.3, 0.4) is 0 Å². The van der Waals surface area contributed by atoms with Crippen molar-refractivity contribution in [2.75, 3.05) is 26.6 Å². The molecule has 0 spiro atoms. The average molecular weight is 294 g/mol. The zero-order valence-corrected chi connectivity index (χ0v) is 10.7. The molecule has 17 heavy (non-hydrogen) atoms. The molecule has 0 aliphatic carbocycles. The molecule has 0 radical (unpaired) electrons. The molecule has 0 aromatic rings. The first-order chi connectivity index (χ1) is 7.69. The van der Waals surface area contributed by atoms with E-state index < -0.39 is 33.8 Å². The zero-order valence-electron chi connectivity index (χ0n) is 8.88. The van der Waals surface area contributed by atoms with Gasteiger partial charge in [-0.2, -0.15) is 0 Å². The molecule has 0 rings (SSSR count). The molecule has 0 atom stereocenters. The lowest BCUT2D eigenvalue weighted by atomic mass is 10.5. The second kappa shape index (κ2) is 7.58. The number of aliphatic hydroxyl groups is 1. The molecule has 0 saturated carbocycles. The minimum absolute atomic E-state index is 0.0512. The topological polar surface area (TPSA) is 154 Å². The second-order valence-corrected chi connectivity index (χ2v) is 7.11. The minimum atomic E-state index is -4.87. The summed E-state index contributed by atoms with van der Waals surface area (Å²) in [6.07, 6.45) is -0.465. The Labute approximate surface area is 97.7 Å². The Kier molecular flexibility index (Phi) is 7.66. The molecule has 5 N–H and O–H groups in total. The van der Waals surface area contributed by atoms with Gasteiger partial charge in [0.05, 0.1) is 13.2 Å². The highest BCUT2D eigenvalue weighted by atomic mass is 31.2. The van der Waals surface area contributed by atoms with Crippen LogP contribution in [0.5, 0.6) is 0 Å². The summed E-state index contributed by atoms with van der Waals surface area (Å²) in [5, 5.41) is 6.19. The molecule has 0 fully saturated rings. The van der Waals surface area contributed by atoms with Crippen LogP contribution in [0, 0.1) is 0 Å². The average Bonchev–Trinajstić information content (AvgIpc) is 2.12. The third-order valence-electron chi connectivity index (χ3n) is 1.76. The Morgan fingerprint density at radius 1 is 0.882 bits per heavy atom. The van der Waals surface area contributed by atoms with Crippen molar-refractivity contribution in [2.24, 2.45) is 0 Å². The van der Waals surface area contributed by atoms with Crippen molar-refractivity contribution in [1.82, 2.24) is 0 Å². The third-order valence-corrected chi connectivity index (χ3v) is 5.63. The first kappa shape index (κ1) is 17.2. The second-order valence-electron chi connectivity index (χ2n) is 3.10. The van der Waals surface area contributed by atoms with Crippen LogP contribution in [0.25, 0.3) is 0 Å². The van der Waals surface area contributed by atoms with Gasteiger partial charge in [-0.25, -0.2) is 0 Å². The highest BCUT2D eigenvalue weighted by Gasteiger charge is 2.42. The van der Waals surface area contributed by atoms with E-state index in [2.05, 4.69) is 4.74 Å². The molecular formula is C6H16O9P2. The molecule has 0 aromatic carbocycles. The van der Waals surface area contributed by atoms with Crippen LogP contribution >= 0.6 is 15.2 Å². The van der Waals surface area contributed by atoms with E-state index in [-0.39, 0.29) is 19.8 Å². The Morgan fingerprint density at radius 3 is 1.76 bits per heavy atom. The van der Waals surface area contributed by atoms with E-state index in [1.54, 1.807) is 0 Å². The van der Waals surface area contributed by atoms with Crippen LogP contribution in [0.15, 0.2) is 0 Å². The van der Waals surface area contributed by atoms with Crippen molar-refractivity contribution < 1.29 is 43.3 Å². The minimum Gasteiger partial charge on any atom is -0.379 e. The Balaban J connectivity index is 4.05. The van der Waals surface area contributed by atoms with E-state index in [1.165, 1.54) is 0 Å². The number of aliphatic hydroxyl groups excluding tert-OH is 1. The normalized spacial score (nSPS) is 13.3. The van der Waals surface area contributed by atoms with Gasteiger partial charge in [-0.1, -0.05) is 0 Å². The third kappa shape index (κ3) is 7.99. The molecular weight excluding hydrogens is 278 g/mol. The predicted octanol–water partition coefficient (Wildman–Crippen LogP) is -0.959. The van der Waals surface area contributed by atoms with Gasteiger partial charge in [-0.3, -0.25) is 9.13 Å². The molecule has 9 nitrogen and oxygen atoms in total. The maximum atomic E-state index is 10.8. The van der Waals surface area contributed by atoms with Crippen molar-refractivity contribution in [3.8, 4) is 0 Å². The summed E-state index contributed by atoms with van der Waals surface area (Å²) >= 11 is 0. The first-order valence-corrected chi connectivity index (χ1v) is 7.92. The van der Waals surface area contributed by atoms with Crippen LogP contribution < -0.4 is 0 Å². The summed E-state index contributed by atoms with van der Waals surface area (Å²) in [5.74, 6) is 0. The Bertz CT molecular complexity index is 272. The van der Waals surface area contributed by atoms with Gasteiger partial charge in [-0.15, -0.1) is 0 Å². The fourth-order valence-electron chi connectivity index (χ4n) is 1.01. The molecule has 104 valence electrons.